The van der Waals surface area contributed by atoms with Gasteiger partial charge in [-0.2, -0.15) is 35.1 Å². The van der Waals surface area contributed by atoms with Crippen LogP contribution in [0.1, 0.15) is 16.8 Å². The summed E-state index contributed by atoms with van der Waals surface area (Å²) in [5, 5.41) is 3.47. The van der Waals surface area contributed by atoms with Gasteiger partial charge in [-0.3, -0.25) is 0 Å². The van der Waals surface area contributed by atoms with Crippen LogP contribution in [-0.4, -0.2) is 27.9 Å². The number of aryl methyl sites for hydroxylation is 2. The molecular formula is C14H7BrF9N2S. The Kier molecular flexibility index (Phi) is 5.36. The van der Waals surface area contributed by atoms with E-state index in [0.29, 0.717) is 11.5 Å². The lowest BCUT2D eigenvalue weighted by Gasteiger charge is -2.37. The molecule has 0 bridgehead atoms. The summed E-state index contributed by atoms with van der Waals surface area (Å²) in [6, 6.07) is 2.67. The number of hydrogen-bond donors (Lipinski definition) is 0. The van der Waals surface area contributed by atoms with E-state index in [-0.39, 0.29) is 22.2 Å². The Hall–Kier alpha value is -1.37. The Morgan fingerprint density at radius 3 is 1.93 bits per heavy atom. The Morgan fingerprint density at radius 2 is 1.52 bits per heavy atom. The SMILES string of the molecule is Cc1[c]c(Br)c(-c2snnc2C)c(C(F)(C(F)(F)F)C(F)(F)C(F)(F)F)c1. The van der Waals surface area contributed by atoms with E-state index in [1.807, 2.05) is 0 Å². The van der Waals surface area contributed by atoms with Crippen molar-refractivity contribution in [2.75, 3.05) is 0 Å². The average Bonchev–Trinajstić information content (AvgIpc) is 2.88. The number of alkyl halides is 9. The van der Waals surface area contributed by atoms with Gasteiger partial charge in [0.1, 0.15) is 0 Å². The van der Waals surface area contributed by atoms with Gasteiger partial charge in [-0.05, 0) is 46.9 Å². The van der Waals surface area contributed by atoms with Gasteiger partial charge < -0.3 is 0 Å². The highest BCUT2D eigenvalue weighted by Gasteiger charge is 2.82. The first-order valence-corrected chi connectivity index (χ1v) is 8.34. The number of nitrogens with zero attached hydrogens (tertiary/aromatic N) is 2. The zero-order valence-corrected chi connectivity index (χ0v) is 15.6. The largest absolute Gasteiger partial charge is 0.457 e. The lowest BCUT2D eigenvalue weighted by molar-refractivity contribution is -0.389. The van der Waals surface area contributed by atoms with Gasteiger partial charge in [-0.15, -0.1) is 5.10 Å². The quantitative estimate of drug-likeness (QED) is 0.476. The zero-order valence-electron chi connectivity index (χ0n) is 13.2. The molecule has 0 spiro atoms. The Balaban J connectivity index is 3.01. The number of halogens is 10. The Bertz CT molecular complexity index is 859. The second-order valence-corrected chi connectivity index (χ2v) is 7.02. The number of rotatable bonds is 3. The molecule has 1 aromatic carbocycles. The van der Waals surface area contributed by atoms with E-state index in [9.17, 15) is 39.5 Å². The van der Waals surface area contributed by atoms with E-state index in [0.717, 1.165) is 6.92 Å². The molecule has 27 heavy (non-hydrogen) atoms. The van der Waals surface area contributed by atoms with Crippen LogP contribution >= 0.6 is 27.5 Å². The highest BCUT2D eigenvalue weighted by molar-refractivity contribution is 9.10. The summed E-state index contributed by atoms with van der Waals surface area (Å²) < 4.78 is 124. The van der Waals surface area contributed by atoms with Crippen LogP contribution < -0.4 is 0 Å². The minimum Gasteiger partial charge on any atom is -0.221 e. The smallest absolute Gasteiger partial charge is 0.221 e. The molecule has 1 unspecified atom stereocenters. The third kappa shape index (κ3) is 3.32. The maximum absolute atomic E-state index is 15.0. The van der Waals surface area contributed by atoms with E-state index in [2.05, 4.69) is 31.6 Å². The molecule has 1 aromatic heterocycles. The van der Waals surface area contributed by atoms with Crippen LogP contribution in [0.15, 0.2) is 10.5 Å². The van der Waals surface area contributed by atoms with E-state index >= 15 is 0 Å². The van der Waals surface area contributed by atoms with Gasteiger partial charge in [-0.25, -0.2) is 4.39 Å². The van der Waals surface area contributed by atoms with Crippen molar-refractivity contribution in [3.63, 3.8) is 0 Å². The standard InChI is InChI=1S/C14H7BrF9N2S/c1-5-3-7(9(8(15)4-5)10-6(2)25-26-27-10)11(16,13(19,20)21)12(17,18)14(22,23)24/h3H,1-2H3. The molecular weight excluding hydrogens is 479 g/mol. The molecule has 2 aromatic rings. The monoisotopic (exact) mass is 485 g/mol. The van der Waals surface area contributed by atoms with Gasteiger partial charge in [0.2, 0.25) is 0 Å². The molecule has 2 rings (SSSR count). The van der Waals surface area contributed by atoms with Gasteiger partial charge >= 0.3 is 23.9 Å². The van der Waals surface area contributed by atoms with E-state index in [1.165, 1.54) is 6.92 Å². The van der Waals surface area contributed by atoms with Crippen molar-refractivity contribution in [2.24, 2.45) is 0 Å². The fourth-order valence-electron chi connectivity index (χ4n) is 2.33. The van der Waals surface area contributed by atoms with Crippen molar-refractivity contribution in [1.29, 1.82) is 0 Å². The summed E-state index contributed by atoms with van der Waals surface area (Å²) in [4.78, 5) is -0.308. The first-order valence-electron chi connectivity index (χ1n) is 6.78. The molecule has 1 heterocycles. The summed E-state index contributed by atoms with van der Waals surface area (Å²) in [6.45, 7) is 2.29. The van der Waals surface area contributed by atoms with Gasteiger partial charge in [0, 0.05) is 21.7 Å². The Labute approximate surface area is 158 Å². The zero-order chi connectivity index (χ0) is 21.0. The molecule has 0 saturated carbocycles. The number of aromatic nitrogens is 2. The maximum Gasteiger partial charge on any atom is 0.457 e. The van der Waals surface area contributed by atoms with Crippen molar-refractivity contribution < 1.29 is 39.5 Å². The average molecular weight is 486 g/mol. The first kappa shape index (κ1) is 21.9. The molecule has 0 aliphatic heterocycles. The summed E-state index contributed by atoms with van der Waals surface area (Å²) in [5.41, 5.74) is -9.22. The van der Waals surface area contributed by atoms with Crippen LogP contribution in [0.4, 0.5) is 39.5 Å². The summed E-state index contributed by atoms with van der Waals surface area (Å²) >= 11 is 3.18. The van der Waals surface area contributed by atoms with Crippen LogP contribution in [0.5, 0.6) is 0 Å². The van der Waals surface area contributed by atoms with Crippen molar-refractivity contribution in [1.82, 2.24) is 9.59 Å². The van der Waals surface area contributed by atoms with E-state index < -0.39 is 39.5 Å². The van der Waals surface area contributed by atoms with Crippen LogP contribution in [0.3, 0.4) is 0 Å². The maximum atomic E-state index is 15.0. The molecule has 0 aliphatic carbocycles. The second kappa shape index (κ2) is 6.61. The number of hydrogen-bond acceptors (Lipinski definition) is 3. The van der Waals surface area contributed by atoms with Gasteiger partial charge in [0.05, 0.1) is 10.6 Å². The first-order chi connectivity index (χ1) is 12.1. The van der Waals surface area contributed by atoms with Gasteiger partial charge in [-0.1, -0.05) is 10.6 Å². The predicted molar refractivity (Wildman–Crippen MR) is 81.2 cm³/mol. The highest BCUT2D eigenvalue weighted by atomic mass is 79.9. The second-order valence-electron chi connectivity index (χ2n) is 5.47. The van der Waals surface area contributed by atoms with Gasteiger partial charge in [0.25, 0.3) is 0 Å². The molecule has 1 atom stereocenters. The summed E-state index contributed by atoms with van der Waals surface area (Å²) in [5.74, 6) is -6.77. The van der Waals surface area contributed by atoms with Crippen LogP contribution in [-0.2, 0) is 5.67 Å². The minimum absolute atomic E-state index is 0.0842. The molecule has 149 valence electrons. The van der Waals surface area contributed by atoms with Crippen LogP contribution in [0.2, 0.25) is 0 Å². The van der Waals surface area contributed by atoms with E-state index in [1.54, 1.807) is 0 Å². The van der Waals surface area contributed by atoms with Crippen molar-refractivity contribution in [3.05, 3.63) is 33.4 Å². The van der Waals surface area contributed by atoms with Crippen LogP contribution in [0.25, 0.3) is 10.4 Å². The summed E-state index contributed by atoms with van der Waals surface area (Å²) in [7, 11) is 0. The highest BCUT2D eigenvalue weighted by Crippen LogP contribution is 2.60. The van der Waals surface area contributed by atoms with Crippen molar-refractivity contribution in [3.8, 4) is 10.4 Å². The fraction of sp³-hybridized carbons (Fsp3) is 0.429. The third-order valence-electron chi connectivity index (χ3n) is 3.59. The van der Waals surface area contributed by atoms with Crippen molar-refractivity contribution >= 4 is 27.5 Å². The topological polar surface area (TPSA) is 25.8 Å². The van der Waals surface area contributed by atoms with Gasteiger partial charge in [0.15, 0.2) is 0 Å². The molecule has 0 amide bonds. The van der Waals surface area contributed by atoms with E-state index in [4.69, 9.17) is 0 Å². The fourth-order valence-corrected chi connectivity index (χ4v) is 3.90. The van der Waals surface area contributed by atoms with Crippen molar-refractivity contribution in [2.45, 2.75) is 37.8 Å². The molecule has 0 aliphatic rings. The predicted octanol–water partition coefficient (Wildman–Crippen LogP) is 6.31. The molecule has 1 radical (unpaired) electrons. The molecule has 0 N–H and O–H groups in total. The molecule has 0 saturated heterocycles. The lowest BCUT2D eigenvalue weighted by Crippen LogP contribution is -2.60. The minimum atomic E-state index is -6.81. The Morgan fingerprint density at radius 1 is 0.963 bits per heavy atom. The third-order valence-corrected chi connectivity index (χ3v) is 5.03. The molecule has 13 heteroatoms. The van der Waals surface area contributed by atoms with Crippen LogP contribution in [0, 0.1) is 19.9 Å². The lowest BCUT2D eigenvalue weighted by atomic mass is 9.83. The summed E-state index contributed by atoms with van der Waals surface area (Å²) in [6.07, 6.45) is -13.4. The normalized spacial score (nSPS) is 15.7. The number of benzene rings is 1. The molecule has 0 fully saturated rings. The molecule has 2 nitrogen and oxygen atoms in total.